The summed E-state index contributed by atoms with van der Waals surface area (Å²) >= 11 is 2.13. The molecule has 0 aliphatic carbocycles. The van der Waals surface area contributed by atoms with Crippen LogP contribution in [0.1, 0.15) is 61.2 Å². The van der Waals surface area contributed by atoms with Crippen molar-refractivity contribution in [1.82, 2.24) is 4.98 Å². The van der Waals surface area contributed by atoms with Crippen LogP contribution in [0.3, 0.4) is 0 Å². The number of thiophene rings is 2. The maximum Gasteiger partial charge on any atom is 0.348 e. The van der Waals surface area contributed by atoms with Crippen molar-refractivity contribution in [3.8, 4) is 0 Å². The molecule has 3 heterocycles. The van der Waals surface area contributed by atoms with Gasteiger partial charge in [0.05, 0.1) is 17.9 Å². The van der Waals surface area contributed by atoms with Gasteiger partial charge in [-0.25, -0.2) is 9.78 Å². The average molecular weight is 447 g/mol. The van der Waals surface area contributed by atoms with Crippen LogP contribution in [-0.2, 0) is 11.2 Å². The fourth-order valence-electron chi connectivity index (χ4n) is 3.05. The van der Waals surface area contributed by atoms with Crippen molar-refractivity contribution in [3.63, 3.8) is 0 Å². The summed E-state index contributed by atoms with van der Waals surface area (Å²) in [6, 6.07) is 3.76. The summed E-state index contributed by atoms with van der Waals surface area (Å²) in [4.78, 5) is 42.8. The van der Waals surface area contributed by atoms with Crippen molar-refractivity contribution in [2.75, 3.05) is 17.7 Å². The molecule has 5 N–H and O–H groups in total. The largest absolute Gasteiger partial charge is 0.462 e. The van der Waals surface area contributed by atoms with E-state index in [4.69, 9.17) is 16.2 Å². The highest BCUT2D eigenvalue weighted by atomic mass is 32.1. The Morgan fingerprint density at radius 3 is 2.53 bits per heavy atom. The number of pyridine rings is 1. The molecule has 3 rings (SSSR count). The van der Waals surface area contributed by atoms with Crippen LogP contribution >= 0.6 is 22.7 Å². The Hall–Kier alpha value is -2.98. The molecule has 158 valence electrons. The first kappa shape index (κ1) is 21.7. The van der Waals surface area contributed by atoms with E-state index in [-0.39, 0.29) is 26.9 Å². The van der Waals surface area contributed by atoms with E-state index in [1.807, 2.05) is 12.1 Å². The van der Waals surface area contributed by atoms with Gasteiger partial charge in [0.1, 0.15) is 19.6 Å². The topological polar surface area (TPSA) is 137 Å². The number of anilines is 2. The molecule has 2 amide bonds. The Balaban J connectivity index is 1.97. The quantitative estimate of drug-likeness (QED) is 0.473. The predicted molar refractivity (Wildman–Crippen MR) is 120 cm³/mol. The van der Waals surface area contributed by atoms with Crippen LogP contribution in [0.5, 0.6) is 0 Å². The minimum Gasteiger partial charge on any atom is -0.462 e. The fourth-order valence-corrected chi connectivity index (χ4v) is 5.16. The third-order valence-electron chi connectivity index (χ3n) is 4.44. The molecule has 0 aliphatic rings. The lowest BCUT2D eigenvalue weighted by Crippen LogP contribution is -2.17. The van der Waals surface area contributed by atoms with Gasteiger partial charge in [0.2, 0.25) is 0 Å². The number of esters is 1. The van der Waals surface area contributed by atoms with Gasteiger partial charge >= 0.3 is 5.97 Å². The third-order valence-corrected chi connectivity index (χ3v) is 6.75. The Kier molecular flexibility index (Phi) is 6.37. The summed E-state index contributed by atoms with van der Waals surface area (Å²) in [7, 11) is 0. The number of rotatable bonds is 7. The van der Waals surface area contributed by atoms with E-state index >= 15 is 0 Å². The zero-order chi connectivity index (χ0) is 22.0. The van der Waals surface area contributed by atoms with E-state index in [9.17, 15) is 14.4 Å². The number of nitrogen functional groups attached to an aromatic ring is 1. The summed E-state index contributed by atoms with van der Waals surface area (Å²) < 4.78 is 5.02. The van der Waals surface area contributed by atoms with E-state index in [0.29, 0.717) is 21.5 Å². The number of amides is 2. The predicted octanol–water partition coefficient (Wildman–Crippen LogP) is 3.73. The molecule has 3 aromatic heterocycles. The van der Waals surface area contributed by atoms with Crippen molar-refractivity contribution in [1.29, 1.82) is 0 Å². The van der Waals surface area contributed by atoms with E-state index in [1.54, 1.807) is 13.8 Å². The maximum absolute atomic E-state index is 12.9. The molecule has 3 aromatic rings. The summed E-state index contributed by atoms with van der Waals surface area (Å²) in [5.74, 6) is -1.81. The molecule has 0 unspecified atom stereocenters. The van der Waals surface area contributed by atoms with Crippen molar-refractivity contribution in [3.05, 3.63) is 38.7 Å². The van der Waals surface area contributed by atoms with Gasteiger partial charge in [-0.3, -0.25) is 9.59 Å². The van der Waals surface area contributed by atoms with Crippen LogP contribution < -0.4 is 16.8 Å². The van der Waals surface area contributed by atoms with Crippen LogP contribution in [0.4, 0.5) is 10.7 Å². The lowest BCUT2D eigenvalue weighted by molar-refractivity contribution is 0.0531. The van der Waals surface area contributed by atoms with Gasteiger partial charge in [0.15, 0.2) is 0 Å². The SMILES string of the molecule is CCCc1ccc2c(N)c(C(=O)Nc3sc(C(=O)OCC)c(C)c3C(N)=O)sc2n1. The highest BCUT2D eigenvalue weighted by Gasteiger charge is 2.26. The van der Waals surface area contributed by atoms with Gasteiger partial charge in [-0.1, -0.05) is 13.3 Å². The van der Waals surface area contributed by atoms with Crippen LogP contribution in [0.2, 0.25) is 0 Å². The van der Waals surface area contributed by atoms with Gasteiger partial charge in [-0.2, -0.15) is 0 Å². The van der Waals surface area contributed by atoms with Gasteiger partial charge in [0.25, 0.3) is 11.8 Å². The van der Waals surface area contributed by atoms with Crippen LogP contribution in [0.25, 0.3) is 10.2 Å². The molecule has 0 radical (unpaired) electrons. The first-order chi connectivity index (χ1) is 14.3. The van der Waals surface area contributed by atoms with Gasteiger partial charge in [-0.15, -0.1) is 22.7 Å². The first-order valence-electron chi connectivity index (χ1n) is 9.37. The minimum absolute atomic E-state index is 0.0828. The van der Waals surface area contributed by atoms with Crippen LogP contribution in [0, 0.1) is 6.92 Å². The lowest BCUT2D eigenvalue weighted by Gasteiger charge is -2.04. The number of primary amides is 1. The van der Waals surface area contributed by atoms with E-state index in [0.717, 1.165) is 29.9 Å². The molecule has 10 heteroatoms. The molecule has 0 fully saturated rings. The number of aryl methyl sites for hydroxylation is 1. The first-order valence-corrected chi connectivity index (χ1v) is 11.0. The summed E-state index contributed by atoms with van der Waals surface area (Å²) in [5.41, 5.74) is 13.4. The number of hydrogen-bond acceptors (Lipinski definition) is 8. The number of fused-ring (bicyclic) bond motifs is 1. The Morgan fingerprint density at radius 1 is 1.17 bits per heavy atom. The number of carbonyl (C=O) groups is 3. The number of aromatic nitrogens is 1. The van der Waals surface area contributed by atoms with E-state index < -0.39 is 17.8 Å². The van der Waals surface area contributed by atoms with Gasteiger partial charge in [-0.05, 0) is 38.0 Å². The smallest absolute Gasteiger partial charge is 0.348 e. The average Bonchev–Trinajstić information content (AvgIpc) is 3.19. The van der Waals surface area contributed by atoms with Crippen molar-refractivity contribution in [2.24, 2.45) is 5.73 Å². The highest BCUT2D eigenvalue weighted by Crippen LogP contribution is 2.36. The number of carbonyl (C=O) groups excluding carboxylic acids is 3. The molecule has 0 spiro atoms. The molecular weight excluding hydrogens is 424 g/mol. The summed E-state index contributed by atoms with van der Waals surface area (Å²) in [5, 5.41) is 3.57. The molecule has 0 saturated carbocycles. The molecule has 30 heavy (non-hydrogen) atoms. The molecular formula is C20H22N4O4S2. The monoisotopic (exact) mass is 446 g/mol. The van der Waals surface area contributed by atoms with Crippen LogP contribution in [0.15, 0.2) is 12.1 Å². The van der Waals surface area contributed by atoms with Gasteiger partial charge in [0, 0.05) is 11.1 Å². The number of ether oxygens (including phenoxy) is 1. The van der Waals surface area contributed by atoms with Crippen LogP contribution in [-0.4, -0.2) is 29.4 Å². The zero-order valence-electron chi connectivity index (χ0n) is 16.8. The molecule has 0 aliphatic heterocycles. The van der Waals surface area contributed by atoms with Crippen molar-refractivity contribution in [2.45, 2.75) is 33.6 Å². The Morgan fingerprint density at radius 2 is 1.90 bits per heavy atom. The standard InChI is InChI=1S/C20H22N4O4S2/c1-4-6-10-7-8-11-13(21)15(30-18(11)23-10)17(26)24-19-12(16(22)25)9(3)14(29-19)20(27)28-5-2/h7-8H,4-6,21H2,1-3H3,(H2,22,25)(H,24,26). The second kappa shape index (κ2) is 8.80. The normalized spacial score (nSPS) is 10.9. The van der Waals surface area contributed by atoms with E-state index in [1.165, 1.54) is 11.3 Å². The second-order valence-corrected chi connectivity index (χ2v) is 8.57. The molecule has 0 atom stereocenters. The maximum atomic E-state index is 12.9. The molecule has 8 nitrogen and oxygen atoms in total. The molecule has 0 aromatic carbocycles. The Bertz CT molecular complexity index is 1150. The number of nitrogens with two attached hydrogens (primary N) is 2. The fraction of sp³-hybridized carbons (Fsp3) is 0.300. The van der Waals surface area contributed by atoms with Crippen molar-refractivity contribution < 1.29 is 19.1 Å². The van der Waals surface area contributed by atoms with Crippen molar-refractivity contribution >= 4 is 61.4 Å². The zero-order valence-corrected chi connectivity index (χ0v) is 18.5. The second-order valence-electron chi connectivity index (χ2n) is 6.55. The molecule has 0 saturated heterocycles. The van der Waals surface area contributed by atoms with E-state index in [2.05, 4.69) is 17.2 Å². The summed E-state index contributed by atoms with van der Waals surface area (Å²) in [6.07, 6.45) is 1.80. The Labute approximate surface area is 181 Å². The number of nitrogens with one attached hydrogen (secondary N) is 1. The number of hydrogen-bond donors (Lipinski definition) is 3. The summed E-state index contributed by atoms with van der Waals surface area (Å²) in [6.45, 7) is 5.53. The minimum atomic E-state index is -0.746. The molecule has 0 bridgehead atoms. The van der Waals surface area contributed by atoms with Gasteiger partial charge < -0.3 is 21.5 Å². The number of nitrogens with zero attached hydrogens (tertiary/aromatic N) is 1. The third kappa shape index (κ3) is 4.01. The lowest BCUT2D eigenvalue weighted by atomic mass is 10.1. The highest BCUT2D eigenvalue weighted by molar-refractivity contribution is 7.21.